The number of phosphoric ester groups is 1. The van der Waals surface area contributed by atoms with Gasteiger partial charge in [-0.05, 0) is 38.5 Å². The van der Waals surface area contributed by atoms with Gasteiger partial charge in [-0.25, -0.2) is 0 Å². The fraction of sp³-hybridized carbons (Fsp3) is 0.927. The molecule has 298 valence electrons. The van der Waals surface area contributed by atoms with Gasteiger partial charge >= 0.3 is 5.97 Å². The zero-order valence-corrected chi connectivity index (χ0v) is 34.5. The van der Waals surface area contributed by atoms with Crippen molar-refractivity contribution in [3.63, 3.8) is 0 Å². The van der Waals surface area contributed by atoms with E-state index in [1.807, 2.05) is 21.1 Å². The molecule has 0 amide bonds. The number of allylic oxidation sites excluding steroid dienone is 2. The lowest BCUT2D eigenvalue weighted by Gasteiger charge is -2.28. The second kappa shape index (κ2) is 35.3. The molecule has 2 atom stereocenters. The van der Waals surface area contributed by atoms with E-state index in [1.165, 1.54) is 122 Å². The van der Waals surface area contributed by atoms with E-state index >= 15 is 0 Å². The summed E-state index contributed by atoms with van der Waals surface area (Å²) in [5, 5.41) is 0. The Kier molecular flexibility index (Phi) is 34.7. The van der Waals surface area contributed by atoms with Gasteiger partial charge in [0.2, 0.25) is 0 Å². The summed E-state index contributed by atoms with van der Waals surface area (Å²) in [6.07, 6.45) is 36.4. The third-order valence-corrected chi connectivity index (χ3v) is 10.0. The van der Waals surface area contributed by atoms with Crippen LogP contribution in [0.5, 0.6) is 0 Å². The monoisotopic (exact) mass is 732 g/mol. The van der Waals surface area contributed by atoms with Gasteiger partial charge in [-0.1, -0.05) is 154 Å². The number of phosphoric acid groups is 1. The Balaban J connectivity index is 4.22. The van der Waals surface area contributed by atoms with E-state index in [0.29, 0.717) is 24.1 Å². The number of ether oxygens (including phenoxy) is 2. The van der Waals surface area contributed by atoms with Gasteiger partial charge < -0.3 is 27.9 Å². The van der Waals surface area contributed by atoms with E-state index in [-0.39, 0.29) is 25.8 Å². The van der Waals surface area contributed by atoms with Crippen molar-refractivity contribution < 1.29 is 37.3 Å². The number of nitrogens with zero attached hydrogens (tertiary/aromatic N) is 1. The van der Waals surface area contributed by atoms with Gasteiger partial charge in [0.15, 0.2) is 0 Å². The Morgan fingerprint density at radius 3 is 1.56 bits per heavy atom. The minimum Gasteiger partial charge on any atom is -0.756 e. The number of hydrogen-bond donors (Lipinski definition) is 0. The van der Waals surface area contributed by atoms with Gasteiger partial charge in [0.25, 0.3) is 7.82 Å². The Hall–Kier alpha value is -0.760. The summed E-state index contributed by atoms with van der Waals surface area (Å²) in [5.41, 5.74) is 0. The third-order valence-electron chi connectivity index (χ3n) is 9.07. The average Bonchev–Trinajstić information content (AvgIpc) is 3.06. The first-order valence-electron chi connectivity index (χ1n) is 20.9. The van der Waals surface area contributed by atoms with Crippen molar-refractivity contribution in [3.8, 4) is 0 Å². The number of likely N-dealkylation sites (N-methyl/N-ethyl adjacent to an activating group) is 1. The van der Waals surface area contributed by atoms with Crippen molar-refractivity contribution in [2.45, 2.75) is 193 Å². The van der Waals surface area contributed by atoms with Crippen LogP contribution in [0, 0.1) is 0 Å². The van der Waals surface area contributed by atoms with Gasteiger partial charge in [0, 0.05) is 13.0 Å². The Bertz CT molecular complexity index is 817. The summed E-state index contributed by atoms with van der Waals surface area (Å²) in [7, 11) is 1.36. The predicted molar refractivity (Wildman–Crippen MR) is 208 cm³/mol. The van der Waals surface area contributed by atoms with Gasteiger partial charge in [-0.3, -0.25) is 9.36 Å². The highest BCUT2D eigenvalue weighted by Crippen LogP contribution is 2.38. The molecule has 0 bridgehead atoms. The molecule has 2 unspecified atom stereocenters. The molecule has 0 saturated heterocycles. The topological polar surface area (TPSA) is 94.1 Å². The number of rotatable bonds is 39. The fourth-order valence-corrected chi connectivity index (χ4v) is 6.50. The van der Waals surface area contributed by atoms with Crippen molar-refractivity contribution in [2.75, 3.05) is 54.1 Å². The third kappa shape index (κ3) is 38.5. The van der Waals surface area contributed by atoms with E-state index in [9.17, 15) is 14.3 Å². The summed E-state index contributed by atoms with van der Waals surface area (Å²) < 4.78 is 34.5. The first-order valence-corrected chi connectivity index (χ1v) is 22.4. The van der Waals surface area contributed by atoms with Gasteiger partial charge in [0.05, 0.1) is 34.4 Å². The Morgan fingerprint density at radius 1 is 0.600 bits per heavy atom. The van der Waals surface area contributed by atoms with Gasteiger partial charge in [-0.15, -0.1) is 0 Å². The number of hydrogen-bond acceptors (Lipinski definition) is 7. The number of esters is 1. The maximum Gasteiger partial charge on any atom is 0.306 e. The molecule has 0 aromatic heterocycles. The predicted octanol–water partition coefficient (Wildman–Crippen LogP) is 11.3. The Labute approximate surface area is 310 Å². The quantitative estimate of drug-likeness (QED) is 0.0204. The van der Waals surface area contributed by atoms with Crippen LogP contribution in [0.3, 0.4) is 0 Å². The molecule has 0 heterocycles. The molecular weight excluding hydrogens is 649 g/mol. The van der Waals surface area contributed by atoms with Crippen molar-refractivity contribution in [1.29, 1.82) is 0 Å². The van der Waals surface area contributed by atoms with Crippen LogP contribution < -0.4 is 4.89 Å². The van der Waals surface area contributed by atoms with E-state index < -0.39 is 13.9 Å². The average molecular weight is 732 g/mol. The van der Waals surface area contributed by atoms with E-state index in [2.05, 4.69) is 26.0 Å². The van der Waals surface area contributed by atoms with Crippen LogP contribution in [-0.4, -0.2) is 70.7 Å². The molecule has 50 heavy (non-hydrogen) atoms. The minimum absolute atomic E-state index is 0.0275. The molecule has 0 rings (SSSR count). The first-order chi connectivity index (χ1) is 24.1. The normalized spacial score (nSPS) is 14.0. The van der Waals surface area contributed by atoms with Crippen molar-refractivity contribution in [1.82, 2.24) is 0 Å². The zero-order chi connectivity index (χ0) is 37.0. The van der Waals surface area contributed by atoms with Gasteiger partial charge in [-0.2, -0.15) is 0 Å². The van der Waals surface area contributed by atoms with Crippen molar-refractivity contribution in [3.05, 3.63) is 12.2 Å². The zero-order valence-electron chi connectivity index (χ0n) is 33.6. The van der Waals surface area contributed by atoms with Crippen LogP contribution >= 0.6 is 7.82 Å². The van der Waals surface area contributed by atoms with Crippen LogP contribution in [0.4, 0.5) is 0 Å². The second-order valence-corrected chi connectivity index (χ2v) is 16.8. The van der Waals surface area contributed by atoms with Crippen molar-refractivity contribution in [2.24, 2.45) is 0 Å². The summed E-state index contributed by atoms with van der Waals surface area (Å²) in [5.74, 6) is -0.341. The highest BCUT2D eigenvalue weighted by atomic mass is 31.2. The van der Waals surface area contributed by atoms with Crippen molar-refractivity contribution >= 4 is 13.8 Å². The molecular formula is C41H82NO7P. The highest BCUT2D eigenvalue weighted by Gasteiger charge is 2.20. The lowest BCUT2D eigenvalue weighted by molar-refractivity contribution is -0.870. The molecule has 0 aliphatic carbocycles. The number of carbonyl (C=O) groups is 1. The largest absolute Gasteiger partial charge is 0.756 e. The smallest absolute Gasteiger partial charge is 0.306 e. The maximum absolute atomic E-state index is 12.6. The summed E-state index contributed by atoms with van der Waals surface area (Å²) in [6.45, 7) is 5.40. The molecule has 0 N–H and O–H groups in total. The second-order valence-electron chi connectivity index (χ2n) is 15.4. The molecule has 0 saturated carbocycles. The molecule has 0 aliphatic heterocycles. The van der Waals surface area contributed by atoms with Gasteiger partial charge in [0.1, 0.15) is 19.3 Å². The molecule has 0 radical (unpaired) electrons. The fourth-order valence-electron chi connectivity index (χ4n) is 5.78. The molecule has 9 heteroatoms. The van der Waals surface area contributed by atoms with Crippen LogP contribution in [0.15, 0.2) is 12.2 Å². The summed E-state index contributed by atoms with van der Waals surface area (Å²) in [4.78, 5) is 24.9. The lowest BCUT2D eigenvalue weighted by atomic mass is 10.0. The van der Waals surface area contributed by atoms with Crippen LogP contribution in [-0.2, 0) is 27.9 Å². The number of quaternary nitrogens is 1. The SMILES string of the molecule is CCCCC/C=C\CCCCCCCC(=O)OC(COCCCCCCCCCCCCCCCCCC)COP(=O)([O-])OCC[N+](C)(C)C. The maximum atomic E-state index is 12.6. The minimum atomic E-state index is -4.52. The first kappa shape index (κ1) is 49.2. The highest BCUT2D eigenvalue weighted by molar-refractivity contribution is 7.45. The molecule has 0 aromatic carbocycles. The molecule has 8 nitrogen and oxygen atoms in total. The van der Waals surface area contributed by atoms with Crippen LogP contribution in [0.2, 0.25) is 0 Å². The molecule has 0 spiro atoms. The summed E-state index contributed by atoms with van der Waals surface area (Å²) in [6, 6.07) is 0. The van der Waals surface area contributed by atoms with E-state index in [4.69, 9.17) is 18.5 Å². The van der Waals surface area contributed by atoms with E-state index in [1.54, 1.807) is 0 Å². The molecule has 0 fully saturated rings. The number of carbonyl (C=O) groups excluding carboxylic acids is 1. The lowest BCUT2D eigenvalue weighted by Crippen LogP contribution is -2.37. The molecule has 0 aromatic rings. The van der Waals surface area contributed by atoms with Crippen LogP contribution in [0.1, 0.15) is 187 Å². The molecule has 0 aliphatic rings. The Morgan fingerprint density at radius 2 is 1.04 bits per heavy atom. The van der Waals surface area contributed by atoms with Crippen LogP contribution in [0.25, 0.3) is 0 Å². The number of unbranched alkanes of at least 4 members (excludes halogenated alkanes) is 23. The standard InChI is InChI=1S/C41H82NO7P/c1-6-8-10-12-14-16-18-20-21-22-23-25-27-29-31-33-36-46-38-40(39-48-50(44,45)47-37-35-42(3,4)5)49-41(43)34-32-30-28-26-24-19-17-15-13-11-9-7-2/h15,17,40H,6-14,16,18-39H2,1-5H3/b17-15-. The van der Waals surface area contributed by atoms with E-state index in [0.717, 1.165) is 44.9 Å². The summed E-state index contributed by atoms with van der Waals surface area (Å²) >= 11 is 0.